The van der Waals surface area contributed by atoms with E-state index in [1.807, 2.05) is 0 Å². The van der Waals surface area contributed by atoms with Crippen molar-refractivity contribution in [3.63, 3.8) is 0 Å². The van der Waals surface area contributed by atoms with E-state index in [1.54, 1.807) is 0 Å². The number of rotatable bonds is 3. The summed E-state index contributed by atoms with van der Waals surface area (Å²) >= 11 is 0. The number of aliphatic hydroxyl groups is 1. The van der Waals surface area contributed by atoms with E-state index in [0.717, 1.165) is 32.1 Å². The largest absolute Gasteiger partial charge is 0.390 e. The van der Waals surface area contributed by atoms with Gasteiger partial charge in [-0.05, 0) is 41.5 Å². The summed E-state index contributed by atoms with van der Waals surface area (Å²) in [6.07, 6.45) is 5.16. The topological polar surface area (TPSA) is 47.9 Å². The fourth-order valence-corrected chi connectivity index (χ4v) is 5.28. The first-order valence-electron chi connectivity index (χ1n) is 10.8. The Labute approximate surface area is 166 Å². The van der Waals surface area contributed by atoms with Gasteiger partial charge >= 0.3 is 0 Å². The molecular weight excluding hydrogens is 352 g/mol. The molecule has 3 aliphatic rings. The smallest absolute Gasteiger partial charge is 0.169 e. The van der Waals surface area contributed by atoms with Crippen LogP contribution in [0, 0.1) is 5.92 Å². The maximum absolute atomic E-state index is 10.7. The van der Waals surface area contributed by atoms with Crippen LogP contribution in [-0.4, -0.2) is 35.3 Å². The second kappa shape index (κ2) is 7.42. The molecular formula is C24H30O4. The van der Waals surface area contributed by atoms with Crippen LogP contribution in [0.4, 0.5) is 0 Å². The normalized spacial score (nSPS) is 34.6. The highest BCUT2D eigenvalue weighted by Crippen LogP contribution is 2.46. The second-order valence-corrected chi connectivity index (χ2v) is 8.83. The van der Waals surface area contributed by atoms with Crippen molar-refractivity contribution in [2.45, 2.75) is 82.3 Å². The van der Waals surface area contributed by atoms with Crippen LogP contribution in [0.1, 0.15) is 51.0 Å². The van der Waals surface area contributed by atoms with Crippen LogP contribution in [0.2, 0.25) is 0 Å². The minimum Gasteiger partial charge on any atom is -0.390 e. The molecule has 28 heavy (non-hydrogen) atoms. The molecule has 1 aliphatic heterocycles. The Morgan fingerprint density at radius 3 is 2.61 bits per heavy atom. The van der Waals surface area contributed by atoms with Gasteiger partial charge in [0.05, 0.1) is 18.8 Å². The van der Waals surface area contributed by atoms with Crippen LogP contribution in [0.3, 0.4) is 0 Å². The van der Waals surface area contributed by atoms with Crippen molar-refractivity contribution in [3.8, 4) is 0 Å². The molecule has 1 saturated heterocycles. The summed E-state index contributed by atoms with van der Waals surface area (Å²) in [7, 11) is 0. The number of fused-ring (bicyclic) bond motifs is 2. The zero-order chi connectivity index (χ0) is 19.1. The van der Waals surface area contributed by atoms with Crippen molar-refractivity contribution in [2.75, 3.05) is 0 Å². The summed E-state index contributed by atoms with van der Waals surface area (Å²) in [5.41, 5.74) is 1.19. The maximum Gasteiger partial charge on any atom is 0.169 e. The van der Waals surface area contributed by atoms with E-state index >= 15 is 0 Å². The minimum absolute atomic E-state index is 0.0522. The van der Waals surface area contributed by atoms with Gasteiger partial charge in [0.15, 0.2) is 5.79 Å². The van der Waals surface area contributed by atoms with E-state index in [9.17, 15) is 5.11 Å². The number of hydrogen-bond acceptors (Lipinski definition) is 4. The van der Waals surface area contributed by atoms with Gasteiger partial charge in [0, 0.05) is 12.8 Å². The summed E-state index contributed by atoms with van der Waals surface area (Å²) in [6, 6.07) is 14.8. The Bertz CT molecular complexity index is 823. The van der Waals surface area contributed by atoms with Gasteiger partial charge in [0.1, 0.15) is 12.2 Å². The molecule has 0 aromatic heterocycles. The van der Waals surface area contributed by atoms with Crippen molar-refractivity contribution < 1.29 is 19.3 Å². The lowest BCUT2D eigenvalue weighted by Gasteiger charge is -2.38. The Morgan fingerprint density at radius 1 is 1.00 bits per heavy atom. The summed E-state index contributed by atoms with van der Waals surface area (Å²) in [5.74, 6) is -0.360. The van der Waals surface area contributed by atoms with E-state index in [-0.39, 0.29) is 24.2 Å². The highest BCUT2D eigenvalue weighted by molar-refractivity contribution is 5.85. The molecule has 0 amide bonds. The third kappa shape index (κ3) is 3.26. The summed E-state index contributed by atoms with van der Waals surface area (Å²) < 4.78 is 19.3. The molecule has 150 valence electrons. The van der Waals surface area contributed by atoms with Gasteiger partial charge in [-0.3, -0.25) is 0 Å². The summed E-state index contributed by atoms with van der Waals surface area (Å²) in [5, 5.41) is 13.2. The van der Waals surface area contributed by atoms with Gasteiger partial charge in [0.2, 0.25) is 0 Å². The molecule has 3 fully saturated rings. The van der Waals surface area contributed by atoms with E-state index in [1.165, 1.54) is 22.8 Å². The number of ether oxygens (including phenoxy) is 3. The number of benzene rings is 2. The van der Waals surface area contributed by atoms with Crippen molar-refractivity contribution >= 4 is 10.8 Å². The van der Waals surface area contributed by atoms with Gasteiger partial charge < -0.3 is 19.3 Å². The Kier molecular flexibility index (Phi) is 4.92. The van der Waals surface area contributed by atoms with Gasteiger partial charge in [-0.25, -0.2) is 0 Å². The molecule has 1 spiro atoms. The third-order valence-corrected chi connectivity index (χ3v) is 6.86. The molecule has 2 saturated carbocycles. The molecule has 4 nitrogen and oxygen atoms in total. The molecule has 1 N–H and O–H groups in total. The molecule has 4 heteroatoms. The van der Waals surface area contributed by atoms with Crippen LogP contribution in [0.5, 0.6) is 0 Å². The molecule has 5 rings (SSSR count). The summed E-state index contributed by atoms with van der Waals surface area (Å²) in [4.78, 5) is 0. The monoisotopic (exact) mass is 382 g/mol. The van der Waals surface area contributed by atoms with Crippen LogP contribution >= 0.6 is 0 Å². The predicted molar refractivity (Wildman–Crippen MR) is 108 cm³/mol. The van der Waals surface area contributed by atoms with Crippen molar-refractivity contribution in [1.82, 2.24) is 0 Å². The van der Waals surface area contributed by atoms with Crippen LogP contribution in [0.15, 0.2) is 42.5 Å². The number of hydrogen-bond donors (Lipinski definition) is 1. The van der Waals surface area contributed by atoms with Crippen molar-refractivity contribution in [3.05, 3.63) is 48.0 Å². The van der Waals surface area contributed by atoms with Crippen LogP contribution < -0.4 is 0 Å². The Balaban J connectivity index is 1.35. The molecule has 2 aromatic rings. The van der Waals surface area contributed by atoms with Gasteiger partial charge in [-0.1, -0.05) is 55.8 Å². The first-order chi connectivity index (χ1) is 13.7. The van der Waals surface area contributed by atoms with Crippen molar-refractivity contribution in [2.24, 2.45) is 5.92 Å². The SMILES string of the molecule is C[C@@H]1C[C@@H](OCc2cccc3ccccc23)[C@@H]2OC3(CCCCC3)O[C@@H]2[C@H]1O. The lowest BCUT2D eigenvalue weighted by atomic mass is 9.82. The van der Waals surface area contributed by atoms with Crippen molar-refractivity contribution in [1.29, 1.82) is 0 Å². The summed E-state index contributed by atoms with van der Waals surface area (Å²) in [6.45, 7) is 2.64. The van der Waals surface area contributed by atoms with E-state index in [2.05, 4.69) is 49.4 Å². The van der Waals surface area contributed by atoms with Gasteiger partial charge in [-0.15, -0.1) is 0 Å². The number of aliphatic hydroxyl groups excluding tert-OH is 1. The zero-order valence-electron chi connectivity index (χ0n) is 16.5. The first-order valence-corrected chi connectivity index (χ1v) is 10.8. The fourth-order valence-electron chi connectivity index (χ4n) is 5.28. The minimum atomic E-state index is -0.500. The Hall–Kier alpha value is -1.46. The van der Waals surface area contributed by atoms with Gasteiger partial charge in [0.25, 0.3) is 0 Å². The maximum atomic E-state index is 10.7. The average Bonchev–Trinajstić information content (AvgIpc) is 3.09. The molecule has 0 bridgehead atoms. The molecule has 1 heterocycles. The van der Waals surface area contributed by atoms with Crippen LogP contribution in [0.25, 0.3) is 10.8 Å². The molecule has 0 unspecified atom stereocenters. The van der Waals surface area contributed by atoms with Crippen LogP contribution in [-0.2, 0) is 20.8 Å². The van der Waals surface area contributed by atoms with E-state index < -0.39 is 11.9 Å². The highest BCUT2D eigenvalue weighted by Gasteiger charge is 2.56. The average molecular weight is 383 g/mol. The Morgan fingerprint density at radius 2 is 1.75 bits per heavy atom. The highest BCUT2D eigenvalue weighted by atomic mass is 16.8. The standard InChI is InChI=1S/C24H30O4/c1-16-14-20(26-15-18-10-7-9-17-8-3-4-11-19(17)18)22-23(21(16)25)28-24(27-22)12-5-2-6-13-24/h3-4,7-11,16,20-23,25H,2,5-6,12-15H2,1H3/t16-,20-,21+,22+,23-/m1/s1. The lowest BCUT2D eigenvalue weighted by Crippen LogP contribution is -2.52. The van der Waals surface area contributed by atoms with Gasteiger partial charge in [-0.2, -0.15) is 0 Å². The molecule has 2 aromatic carbocycles. The quantitative estimate of drug-likeness (QED) is 0.845. The van der Waals surface area contributed by atoms with E-state index in [4.69, 9.17) is 14.2 Å². The second-order valence-electron chi connectivity index (χ2n) is 8.83. The first kappa shape index (κ1) is 18.6. The van der Waals surface area contributed by atoms with E-state index in [0.29, 0.717) is 6.61 Å². The molecule has 5 atom stereocenters. The predicted octanol–water partition coefficient (Wildman–Crippen LogP) is 4.57. The fraction of sp³-hybridized carbons (Fsp3) is 0.583. The third-order valence-electron chi connectivity index (χ3n) is 6.86. The molecule has 0 radical (unpaired) electrons. The lowest BCUT2D eigenvalue weighted by molar-refractivity contribution is -0.203. The molecule has 2 aliphatic carbocycles. The zero-order valence-corrected chi connectivity index (χ0v) is 16.5.